The molecule has 4 rings (SSSR count). The molecule has 8 atom stereocenters. The van der Waals surface area contributed by atoms with Crippen LogP contribution in [0, 0.1) is 41.4 Å². The first kappa shape index (κ1) is 24.6. The number of hydrogen-bond donors (Lipinski definition) is 0. The van der Waals surface area contributed by atoms with Crippen molar-refractivity contribution in [2.75, 3.05) is 0 Å². The Balaban J connectivity index is 1.23. The van der Waals surface area contributed by atoms with Gasteiger partial charge in [0.15, 0.2) is 0 Å². The van der Waals surface area contributed by atoms with Gasteiger partial charge in [0.25, 0.3) is 0 Å². The monoisotopic (exact) mass is 552 g/mol. The molecule has 0 spiro atoms. The third-order valence-corrected chi connectivity index (χ3v) is 11.1. The average Bonchev–Trinajstić information content (AvgIpc) is 2.78. The van der Waals surface area contributed by atoms with Crippen LogP contribution in [-0.4, -0.2) is 22.4 Å². The Bertz CT molecular complexity index is 543. The zero-order valence-corrected chi connectivity index (χ0v) is 21.6. The van der Waals surface area contributed by atoms with E-state index in [1.807, 2.05) is 0 Å². The van der Waals surface area contributed by atoms with Crippen LogP contribution < -0.4 is 0 Å². The Kier molecular flexibility index (Phi) is 8.98. The standard InChI is InChI=1S/C27H44F3I/c1-17(18-7-9-20(10-8-18)23-14-12-22(31)16-25(23)28)15-21-11-13-24(27(30)26(21)29)19-5-3-2-4-6-19/h17-27H,2-16H2,1H3. The number of alkyl halides is 4. The second kappa shape index (κ2) is 11.3. The van der Waals surface area contributed by atoms with E-state index < -0.39 is 18.5 Å². The summed E-state index contributed by atoms with van der Waals surface area (Å²) >= 11 is 2.41. The fraction of sp³-hybridized carbons (Fsp3) is 1.00. The quantitative estimate of drug-likeness (QED) is 0.236. The van der Waals surface area contributed by atoms with Gasteiger partial charge in [-0.2, -0.15) is 0 Å². The molecule has 0 aromatic heterocycles. The number of hydrogen-bond acceptors (Lipinski definition) is 0. The maximum Gasteiger partial charge on any atom is 0.134 e. The van der Waals surface area contributed by atoms with Gasteiger partial charge in [0.1, 0.15) is 18.5 Å². The van der Waals surface area contributed by atoms with Crippen molar-refractivity contribution in [2.45, 2.75) is 126 Å². The molecule has 4 aliphatic rings. The molecular weight excluding hydrogens is 508 g/mol. The van der Waals surface area contributed by atoms with E-state index in [9.17, 15) is 4.39 Å². The molecule has 0 nitrogen and oxygen atoms in total. The van der Waals surface area contributed by atoms with Crippen molar-refractivity contribution in [3.63, 3.8) is 0 Å². The molecule has 0 aromatic rings. The Morgan fingerprint density at radius 3 is 2.03 bits per heavy atom. The van der Waals surface area contributed by atoms with Gasteiger partial charge < -0.3 is 0 Å². The molecule has 180 valence electrons. The summed E-state index contributed by atoms with van der Waals surface area (Å²) in [4.78, 5) is 0. The largest absolute Gasteiger partial charge is 0.247 e. The molecule has 4 saturated carbocycles. The third kappa shape index (κ3) is 5.96. The fourth-order valence-corrected chi connectivity index (χ4v) is 8.81. The maximum absolute atomic E-state index is 15.1. The van der Waals surface area contributed by atoms with E-state index in [0.717, 1.165) is 70.6 Å². The Hall–Kier alpha value is 0.520. The summed E-state index contributed by atoms with van der Waals surface area (Å²) in [5.41, 5.74) is 0. The predicted octanol–water partition coefficient (Wildman–Crippen LogP) is 9.04. The Labute approximate surface area is 202 Å². The van der Waals surface area contributed by atoms with Crippen molar-refractivity contribution in [3.05, 3.63) is 0 Å². The van der Waals surface area contributed by atoms with Crippen molar-refractivity contribution < 1.29 is 13.2 Å². The van der Waals surface area contributed by atoms with Crippen LogP contribution in [0.25, 0.3) is 0 Å². The Morgan fingerprint density at radius 1 is 0.710 bits per heavy atom. The lowest BCUT2D eigenvalue weighted by Gasteiger charge is -2.43. The predicted molar refractivity (Wildman–Crippen MR) is 132 cm³/mol. The van der Waals surface area contributed by atoms with Crippen molar-refractivity contribution >= 4 is 22.6 Å². The molecule has 8 unspecified atom stereocenters. The van der Waals surface area contributed by atoms with E-state index in [1.54, 1.807) is 0 Å². The van der Waals surface area contributed by atoms with Crippen LogP contribution in [0.4, 0.5) is 13.2 Å². The summed E-state index contributed by atoms with van der Waals surface area (Å²) in [7, 11) is 0. The first-order chi connectivity index (χ1) is 14.9. The van der Waals surface area contributed by atoms with Gasteiger partial charge in [-0.15, -0.1) is 0 Å². The molecule has 4 fully saturated rings. The lowest BCUT2D eigenvalue weighted by Crippen LogP contribution is -2.42. The summed E-state index contributed by atoms with van der Waals surface area (Å²) < 4.78 is 45.3. The molecule has 0 amide bonds. The van der Waals surface area contributed by atoms with Crippen molar-refractivity contribution in [1.82, 2.24) is 0 Å². The van der Waals surface area contributed by atoms with Crippen molar-refractivity contribution in [3.8, 4) is 0 Å². The third-order valence-electron chi connectivity index (χ3n) is 9.95. The van der Waals surface area contributed by atoms with E-state index in [2.05, 4.69) is 29.5 Å². The SMILES string of the molecule is CC(CC1CCC(C2CCCCC2)C(F)C1F)C1CCC(C2CCC(I)CC2F)CC1. The molecule has 0 saturated heterocycles. The first-order valence-corrected chi connectivity index (χ1v) is 14.7. The molecule has 0 heterocycles. The van der Waals surface area contributed by atoms with Crippen molar-refractivity contribution in [1.29, 1.82) is 0 Å². The average molecular weight is 553 g/mol. The summed E-state index contributed by atoms with van der Waals surface area (Å²) in [6.07, 6.45) is 13.0. The normalized spacial score (nSPS) is 46.5. The summed E-state index contributed by atoms with van der Waals surface area (Å²) in [6, 6.07) is 0. The van der Waals surface area contributed by atoms with Gasteiger partial charge in [-0.25, -0.2) is 13.2 Å². The van der Waals surface area contributed by atoms with Crippen LogP contribution in [0.5, 0.6) is 0 Å². The van der Waals surface area contributed by atoms with Crippen LogP contribution in [0.1, 0.15) is 103 Å². The number of rotatable bonds is 5. The smallest absolute Gasteiger partial charge is 0.134 e. The van der Waals surface area contributed by atoms with Gasteiger partial charge in [0.05, 0.1) is 0 Å². The minimum atomic E-state index is -1.25. The second-order valence-electron chi connectivity index (χ2n) is 11.8. The van der Waals surface area contributed by atoms with Crippen LogP contribution in [0.15, 0.2) is 0 Å². The van der Waals surface area contributed by atoms with E-state index in [-0.39, 0.29) is 17.8 Å². The molecular formula is C27H44F3I. The first-order valence-electron chi connectivity index (χ1n) is 13.5. The molecule has 0 radical (unpaired) electrons. The molecule has 0 N–H and O–H groups in total. The summed E-state index contributed by atoms with van der Waals surface area (Å²) in [5.74, 6) is 2.24. The maximum atomic E-state index is 15.1. The van der Waals surface area contributed by atoms with Crippen LogP contribution in [-0.2, 0) is 0 Å². The lowest BCUT2D eigenvalue weighted by molar-refractivity contribution is -0.0189. The highest BCUT2D eigenvalue weighted by Gasteiger charge is 2.44. The zero-order valence-electron chi connectivity index (χ0n) is 19.5. The number of halogens is 4. The van der Waals surface area contributed by atoms with Crippen LogP contribution in [0.2, 0.25) is 0 Å². The summed E-state index contributed by atoms with van der Waals surface area (Å²) in [6.45, 7) is 2.28. The van der Waals surface area contributed by atoms with Gasteiger partial charge in [-0.1, -0.05) is 61.6 Å². The minimum absolute atomic E-state index is 0.0245. The molecule has 4 heteroatoms. The molecule has 0 aromatic carbocycles. The molecule has 4 aliphatic carbocycles. The highest BCUT2D eigenvalue weighted by molar-refractivity contribution is 14.1. The second-order valence-corrected chi connectivity index (χ2v) is 13.5. The fourth-order valence-electron chi connectivity index (χ4n) is 7.96. The van der Waals surface area contributed by atoms with Gasteiger partial charge in [-0.3, -0.25) is 0 Å². The van der Waals surface area contributed by atoms with E-state index in [1.165, 1.54) is 25.7 Å². The van der Waals surface area contributed by atoms with E-state index in [4.69, 9.17) is 0 Å². The van der Waals surface area contributed by atoms with Gasteiger partial charge in [0, 0.05) is 3.92 Å². The molecule has 0 bridgehead atoms. The lowest BCUT2D eigenvalue weighted by atomic mass is 9.65. The van der Waals surface area contributed by atoms with E-state index >= 15 is 8.78 Å². The highest BCUT2D eigenvalue weighted by atomic mass is 127. The van der Waals surface area contributed by atoms with Gasteiger partial charge >= 0.3 is 0 Å². The molecule has 0 aliphatic heterocycles. The van der Waals surface area contributed by atoms with Gasteiger partial charge in [-0.05, 0) is 106 Å². The van der Waals surface area contributed by atoms with Crippen molar-refractivity contribution in [2.24, 2.45) is 41.4 Å². The Morgan fingerprint density at radius 2 is 1.35 bits per heavy atom. The highest BCUT2D eigenvalue weighted by Crippen LogP contribution is 2.47. The van der Waals surface area contributed by atoms with E-state index in [0.29, 0.717) is 27.6 Å². The zero-order chi connectivity index (χ0) is 22.0. The molecule has 31 heavy (non-hydrogen) atoms. The summed E-state index contributed by atoms with van der Waals surface area (Å²) in [5, 5.41) is 0. The van der Waals surface area contributed by atoms with Crippen LogP contribution >= 0.6 is 22.6 Å². The minimum Gasteiger partial charge on any atom is -0.247 e. The van der Waals surface area contributed by atoms with Gasteiger partial charge in [0.2, 0.25) is 0 Å². The van der Waals surface area contributed by atoms with Crippen LogP contribution in [0.3, 0.4) is 0 Å². The topological polar surface area (TPSA) is 0 Å².